The molecule has 3 rings (SSSR count). The van der Waals surface area contributed by atoms with E-state index in [0.717, 1.165) is 16.8 Å². The van der Waals surface area contributed by atoms with Crippen molar-refractivity contribution in [3.8, 4) is 0 Å². The fourth-order valence-electron chi connectivity index (χ4n) is 4.62. The van der Waals surface area contributed by atoms with Crippen LogP contribution in [0.15, 0.2) is 30.3 Å². The van der Waals surface area contributed by atoms with E-state index in [1.807, 2.05) is 36.1 Å². The Morgan fingerprint density at radius 1 is 1.00 bits per heavy atom. The molecule has 0 unspecified atom stereocenters. The molecule has 1 saturated carbocycles. The Labute approximate surface area is 180 Å². The summed E-state index contributed by atoms with van der Waals surface area (Å²) in [5.41, 5.74) is 4.79. The molecule has 1 aromatic carbocycles. The van der Waals surface area contributed by atoms with E-state index >= 15 is 0 Å². The monoisotopic (exact) mass is 409 g/mol. The second-order valence-electron chi connectivity index (χ2n) is 8.66. The van der Waals surface area contributed by atoms with Crippen LogP contribution in [-0.2, 0) is 6.54 Å². The predicted octanol–water partition coefficient (Wildman–Crippen LogP) is 4.97. The first-order valence-electron chi connectivity index (χ1n) is 11.1. The average Bonchev–Trinajstić information content (AvgIpc) is 3.05. The molecule has 0 bridgehead atoms. The summed E-state index contributed by atoms with van der Waals surface area (Å²) in [6.45, 7) is 7.41. The van der Waals surface area contributed by atoms with Crippen molar-refractivity contribution in [1.82, 2.24) is 14.4 Å². The predicted molar refractivity (Wildman–Crippen MR) is 121 cm³/mol. The number of benzene rings is 1. The first kappa shape index (κ1) is 22.1. The number of aromatic nitrogens is 1. The molecule has 0 radical (unpaired) electrons. The minimum absolute atomic E-state index is 0.0138. The highest BCUT2D eigenvalue weighted by atomic mass is 16.2. The van der Waals surface area contributed by atoms with Crippen molar-refractivity contribution < 1.29 is 9.59 Å². The Morgan fingerprint density at radius 2 is 1.63 bits per heavy atom. The summed E-state index contributed by atoms with van der Waals surface area (Å²) in [7, 11) is 3.50. The fourth-order valence-corrected chi connectivity index (χ4v) is 4.62. The average molecular weight is 410 g/mol. The zero-order chi connectivity index (χ0) is 21.8. The van der Waals surface area contributed by atoms with Gasteiger partial charge in [-0.3, -0.25) is 9.59 Å². The van der Waals surface area contributed by atoms with E-state index in [0.29, 0.717) is 24.7 Å². The van der Waals surface area contributed by atoms with E-state index in [-0.39, 0.29) is 11.8 Å². The van der Waals surface area contributed by atoms with Crippen molar-refractivity contribution in [2.24, 2.45) is 0 Å². The quantitative estimate of drug-likeness (QED) is 0.676. The molecule has 1 aromatic heterocycles. The zero-order valence-corrected chi connectivity index (χ0v) is 19.1. The lowest BCUT2D eigenvalue weighted by atomic mass is 9.95. The van der Waals surface area contributed by atoms with Gasteiger partial charge in [-0.05, 0) is 57.4 Å². The van der Waals surface area contributed by atoms with Crippen LogP contribution in [-0.4, -0.2) is 46.8 Å². The SMILES string of the molecule is CCN(Cc1ccc(C(=O)N(C)C)cc1)C(=O)c1cc(C)n(C2CCCCC2)c1C. The number of aryl methyl sites for hydroxylation is 1. The van der Waals surface area contributed by atoms with Crippen molar-refractivity contribution in [1.29, 1.82) is 0 Å². The largest absolute Gasteiger partial charge is 0.345 e. The van der Waals surface area contributed by atoms with Crippen molar-refractivity contribution in [3.05, 3.63) is 58.4 Å². The van der Waals surface area contributed by atoms with Gasteiger partial charge in [0, 0.05) is 50.2 Å². The Bertz CT molecular complexity index is 890. The van der Waals surface area contributed by atoms with Crippen LogP contribution < -0.4 is 0 Å². The second kappa shape index (κ2) is 9.50. The molecule has 5 heteroatoms. The third-order valence-corrected chi connectivity index (χ3v) is 6.30. The summed E-state index contributed by atoms with van der Waals surface area (Å²) < 4.78 is 2.39. The number of hydrogen-bond acceptors (Lipinski definition) is 2. The molecule has 1 heterocycles. The summed E-state index contributed by atoms with van der Waals surface area (Å²) in [5.74, 6) is 0.0706. The normalized spacial score (nSPS) is 14.6. The lowest BCUT2D eigenvalue weighted by Crippen LogP contribution is -2.31. The molecule has 5 nitrogen and oxygen atoms in total. The first-order chi connectivity index (χ1) is 14.3. The van der Waals surface area contributed by atoms with Gasteiger partial charge in [0.25, 0.3) is 11.8 Å². The van der Waals surface area contributed by atoms with E-state index < -0.39 is 0 Å². The number of rotatable bonds is 6. The van der Waals surface area contributed by atoms with Crippen LogP contribution in [0.2, 0.25) is 0 Å². The molecular formula is C25H35N3O2. The molecular weight excluding hydrogens is 374 g/mol. The molecule has 1 fully saturated rings. The highest BCUT2D eigenvalue weighted by molar-refractivity contribution is 5.96. The first-order valence-corrected chi connectivity index (χ1v) is 11.1. The van der Waals surface area contributed by atoms with E-state index in [2.05, 4.69) is 24.5 Å². The van der Waals surface area contributed by atoms with Crippen molar-refractivity contribution in [2.75, 3.05) is 20.6 Å². The third kappa shape index (κ3) is 4.61. The number of carbonyl (C=O) groups is 2. The molecule has 2 amide bonds. The maximum absolute atomic E-state index is 13.4. The highest BCUT2D eigenvalue weighted by Crippen LogP contribution is 2.32. The van der Waals surface area contributed by atoms with Crippen molar-refractivity contribution >= 4 is 11.8 Å². The molecule has 2 aromatic rings. The van der Waals surface area contributed by atoms with E-state index in [9.17, 15) is 9.59 Å². The standard InChI is InChI=1S/C25H35N3O2/c1-6-27(17-20-12-14-21(15-13-20)24(29)26(4)5)25(30)23-16-18(2)28(19(23)3)22-10-8-7-9-11-22/h12-16,22H,6-11,17H2,1-5H3. The van der Waals surface area contributed by atoms with E-state index in [1.54, 1.807) is 19.0 Å². The van der Waals surface area contributed by atoms with Gasteiger partial charge in [0.1, 0.15) is 0 Å². The molecule has 0 aliphatic heterocycles. The molecule has 1 aliphatic rings. The van der Waals surface area contributed by atoms with Gasteiger partial charge in [-0.25, -0.2) is 0 Å². The van der Waals surface area contributed by atoms with Crippen LogP contribution in [0.25, 0.3) is 0 Å². The minimum Gasteiger partial charge on any atom is -0.345 e. The number of nitrogens with zero attached hydrogens (tertiary/aromatic N) is 3. The molecule has 1 aliphatic carbocycles. The Hall–Kier alpha value is -2.56. The van der Waals surface area contributed by atoms with Crippen LogP contribution in [0.4, 0.5) is 0 Å². The van der Waals surface area contributed by atoms with Gasteiger partial charge in [-0.15, -0.1) is 0 Å². The van der Waals surface area contributed by atoms with Crippen molar-refractivity contribution in [3.63, 3.8) is 0 Å². The van der Waals surface area contributed by atoms with Crippen LogP contribution in [0.1, 0.15) is 82.7 Å². The smallest absolute Gasteiger partial charge is 0.255 e. The minimum atomic E-state index is -0.0138. The van der Waals surface area contributed by atoms with Crippen LogP contribution in [0.3, 0.4) is 0 Å². The lowest BCUT2D eigenvalue weighted by Gasteiger charge is -2.27. The third-order valence-electron chi connectivity index (χ3n) is 6.30. The summed E-state index contributed by atoms with van der Waals surface area (Å²) in [5, 5.41) is 0. The van der Waals surface area contributed by atoms with Gasteiger partial charge in [0.05, 0.1) is 5.56 Å². The Morgan fingerprint density at radius 3 is 2.20 bits per heavy atom. The van der Waals surface area contributed by atoms with E-state index in [1.165, 1.54) is 37.8 Å². The summed E-state index contributed by atoms with van der Waals surface area (Å²) >= 11 is 0. The Kier molecular flexibility index (Phi) is 7.01. The second-order valence-corrected chi connectivity index (χ2v) is 8.66. The van der Waals surface area contributed by atoms with Gasteiger partial charge in [-0.2, -0.15) is 0 Å². The highest BCUT2D eigenvalue weighted by Gasteiger charge is 2.25. The van der Waals surface area contributed by atoms with Gasteiger partial charge in [0.2, 0.25) is 0 Å². The maximum Gasteiger partial charge on any atom is 0.255 e. The van der Waals surface area contributed by atoms with Gasteiger partial charge >= 0.3 is 0 Å². The van der Waals surface area contributed by atoms with Crippen LogP contribution >= 0.6 is 0 Å². The molecule has 30 heavy (non-hydrogen) atoms. The zero-order valence-electron chi connectivity index (χ0n) is 19.1. The topological polar surface area (TPSA) is 45.6 Å². The van der Waals surface area contributed by atoms with Crippen LogP contribution in [0, 0.1) is 13.8 Å². The van der Waals surface area contributed by atoms with Gasteiger partial charge in [0.15, 0.2) is 0 Å². The number of carbonyl (C=O) groups excluding carboxylic acids is 2. The van der Waals surface area contributed by atoms with Crippen LogP contribution in [0.5, 0.6) is 0 Å². The van der Waals surface area contributed by atoms with Gasteiger partial charge < -0.3 is 14.4 Å². The fraction of sp³-hybridized carbons (Fsp3) is 0.520. The number of hydrogen-bond donors (Lipinski definition) is 0. The summed E-state index contributed by atoms with van der Waals surface area (Å²) in [6, 6.07) is 10.1. The Balaban J connectivity index is 1.77. The molecule has 0 saturated heterocycles. The molecule has 0 atom stereocenters. The summed E-state index contributed by atoms with van der Waals surface area (Å²) in [4.78, 5) is 28.9. The maximum atomic E-state index is 13.4. The lowest BCUT2D eigenvalue weighted by molar-refractivity contribution is 0.0750. The van der Waals surface area contributed by atoms with Crippen molar-refractivity contribution in [2.45, 2.75) is 65.5 Å². The summed E-state index contributed by atoms with van der Waals surface area (Å²) in [6.07, 6.45) is 6.29. The molecule has 0 N–H and O–H groups in total. The van der Waals surface area contributed by atoms with E-state index in [4.69, 9.17) is 0 Å². The number of amides is 2. The molecule has 0 spiro atoms. The molecule has 162 valence electrons. The van der Waals surface area contributed by atoms with Gasteiger partial charge in [-0.1, -0.05) is 31.4 Å².